The Labute approximate surface area is 145 Å². The summed E-state index contributed by atoms with van der Waals surface area (Å²) in [6.45, 7) is 5.45. The molecule has 0 radical (unpaired) electrons. The summed E-state index contributed by atoms with van der Waals surface area (Å²) in [4.78, 5) is 16.8. The fourth-order valence-corrected chi connectivity index (χ4v) is 3.19. The Morgan fingerprint density at radius 1 is 1.25 bits per heavy atom. The van der Waals surface area contributed by atoms with Crippen LogP contribution in [0.25, 0.3) is 0 Å². The number of aromatic nitrogens is 1. The summed E-state index contributed by atoms with van der Waals surface area (Å²) < 4.78 is 0. The highest BCUT2D eigenvalue weighted by molar-refractivity contribution is 8.00. The van der Waals surface area contributed by atoms with Gasteiger partial charge in [-0.05, 0) is 44.5 Å². The molecule has 0 aliphatic heterocycles. The van der Waals surface area contributed by atoms with Crippen LogP contribution in [0.3, 0.4) is 0 Å². The maximum Gasteiger partial charge on any atom is 0.237 e. The van der Waals surface area contributed by atoms with Crippen LogP contribution in [0.2, 0.25) is 0 Å². The molecule has 0 fully saturated rings. The minimum atomic E-state index is -0.461. The third kappa shape index (κ3) is 3.92. The van der Waals surface area contributed by atoms with E-state index >= 15 is 0 Å². The van der Waals surface area contributed by atoms with Gasteiger partial charge in [-0.1, -0.05) is 23.9 Å². The molecule has 0 saturated carbocycles. The molecule has 1 atom stereocenters. The Bertz CT molecular complexity index is 864. The molecule has 0 spiro atoms. The van der Waals surface area contributed by atoms with E-state index in [4.69, 9.17) is 5.26 Å². The first-order chi connectivity index (χ1) is 11.5. The smallest absolute Gasteiger partial charge is 0.237 e. The maximum atomic E-state index is 12.4. The van der Waals surface area contributed by atoms with Gasteiger partial charge in [0, 0.05) is 5.69 Å². The van der Waals surface area contributed by atoms with Crippen molar-refractivity contribution in [3.8, 4) is 12.1 Å². The summed E-state index contributed by atoms with van der Waals surface area (Å²) in [5, 5.41) is 21.2. The van der Waals surface area contributed by atoms with Crippen LogP contribution >= 0.6 is 11.8 Å². The van der Waals surface area contributed by atoms with Gasteiger partial charge in [0.2, 0.25) is 5.91 Å². The SMILES string of the molecule is Cc1cc(C)c(C#N)c(SC(C)C(=O)Nc2ccccc2C#N)n1. The van der Waals surface area contributed by atoms with Crippen molar-refractivity contribution in [2.24, 2.45) is 0 Å². The van der Waals surface area contributed by atoms with Gasteiger partial charge in [-0.25, -0.2) is 4.98 Å². The molecule has 1 heterocycles. The Morgan fingerprint density at radius 3 is 2.62 bits per heavy atom. The highest BCUT2D eigenvalue weighted by Crippen LogP contribution is 2.28. The quantitative estimate of drug-likeness (QED) is 0.862. The minimum Gasteiger partial charge on any atom is -0.324 e. The Morgan fingerprint density at radius 2 is 1.96 bits per heavy atom. The van der Waals surface area contributed by atoms with E-state index in [1.807, 2.05) is 26.0 Å². The van der Waals surface area contributed by atoms with Crippen LogP contribution < -0.4 is 5.32 Å². The number of amides is 1. The van der Waals surface area contributed by atoms with Crippen molar-refractivity contribution in [3.63, 3.8) is 0 Å². The molecule has 5 nitrogen and oxygen atoms in total. The molecule has 1 unspecified atom stereocenters. The third-order valence-corrected chi connectivity index (χ3v) is 4.47. The van der Waals surface area contributed by atoms with Crippen LogP contribution in [0, 0.1) is 36.5 Å². The van der Waals surface area contributed by atoms with Crippen molar-refractivity contribution in [2.75, 3.05) is 5.32 Å². The number of thioether (sulfide) groups is 1. The average molecular weight is 336 g/mol. The van der Waals surface area contributed by atoms with Gasteiger partial charge >= 0.3 is 0 Å². The van der Waals surface area contributed by atoms with Gasteiger partial charge < -0.3 is 5.32 Å². The molecular formula is C18H16N4OS. The number of benzene rings is 1. The lowest BCUT2D eigenvalue weighted by Gasteiger charge is -2.14. The molecule has 1 N–H and O–H groups in total. The second kappa shape index (κ2) is 7.63. The van der Waals surface area contributed by atoms with Gasteiger partial charge in [-0.15, -0.1) is 0 Å². The number of nitrogens with one attached hydrogen (secondary N) is 1. The van der Waals surface area contributed by atoms with Crippen LogP contribution in [0.4, 0.5) is 5.69 Å². The number of carbonyl (C=O) groups excluding carboxylic acids is 1. The molecule has 24 heavy (non-hydrogen) atoms. The topological polar surface area (TPSA) is 89.6 Å². The molecule has 1 aromatic heterocycles. The van der Waals surface area contributed by atoms with E-state index in [1.165, 1.54) is 11.8 Å². The van der Waals surface area contributed by atoms with Gasteiger partial charge in [-0.3, -0.25) is 4.79 Å². The van der Waals surface area contributed by atoms with E-state index in [-0.39, 0.29) is 5.91 Å². The van der Waals surface area contributed by atoms with Crippen LogP contribution in [-0.4, -0.2) is 16.1 Å². The zero-order valence-corrected chi connectivity index (χ0v) is 14.4. The molecule has 0 bridgehead atoms. The molecule has 0 aliphatic carbocycles. The van der Waals surface area contributed by atoms with Crippen LogP contribution in [0.15, 0.2) is 35.4 Å². The van der Waals surface area contributed by atoms with E-state index in [0.717, 1.165) is 11.3 Å². The number of hydrogen-bond donors (Lipinski definition) is 1. The molecule has 120 valence electrons. The van der Waals surface area contributed by atoms with Crippen LogP contribution in [0.5, 0.6) is 0 Å². The first-order valence-electron chi connectivity index (χ1n) is 7.31. The van der Waals surface area contributed by atoms with Crippen molar-refractivity contribution in [1.82, 2.24) is 4.98 Å². The summed E-state index contributed by atoms with van der Waals surface area (Å²) in [5.41, 5.74) is 3.02. The van der Waals surface area contributed by atoms with E-state index < -0.39 is 5.25 Å². The first kappa shape index (κ1) is 17.5. The monoisotopic (exact) mass is 336 g/mol. The first-order valence-corrected chi connectivity index (χ1v) is 8.19. The maximum absolute atomic E-state index is 12.4. The zero-order valence-electron chi connectivity index (χ0n) is 13.6. The molecule has 6 heteroatoms. The molecule has 2 rings (SSSR count). The summed E-state index contributed by atoms with van der Waals surface area (Å²) in [7, 11) is 0. The summed E-state index contributed by atoms with van der Waals surface area (Å²) in [6.07, 6.45) is 0. The second-order valence-electron chi connectivity index (χ2n) is 5.28. The molecule has 0 aliphatic rings. The summed E-state index contributed by atoms with van der Waals surface area (Å²) in [6, 6.07) is 12.9. The predicted octanol–water partition coefficient (Wildman–Crippen LogP) is 3.56. The Kier molecular flexibility index (Phi) is 5.57. The number of para-hydroxylation sites is 1. The lowest BCUT2D eigenvalue weighted by molar-refractivity contribution is -0.115. The third-order valence-electron chi connectivity index (χ3n) is 3.39. The molecule has 1 amide bonds. The summed E-state index contributed by atoms with van der Waals surface area (Å²) in [5.74, 6) is -0.243. The number of pyridine rings is 1. The number of hydrogen-bond acceptors (Lipinski definition) is 5. The standard InChI is InChI=1S/C18H16N4OS/c1-11-8-12(2)21-18(15(11)10-20)24-13(3)17(23)22-16-7-5-4-6-14(16)9-19/h4-8,13H,1-3H3,(H,22,23). The lowest BCUT2D eigenvalue weighted by atomic mass is 10.1. The van der Waals surface area contributed by atoms with Crippen molar-refractivity contribution in [1.29, 1.82) is 10.5 Å². The van der Waals surface area contributed by atoms with E-state index in [2.05, 4.69) is 16.4 Å². The van der Waals surface area contributed by atoms with Gasteiger partial charge in [-0.2, -0.15) is 10.5 Å². The van der Waals surface area contributed by atoms with Gasteiger partial charge in [0.15, 0.2) is 0 Å². The lowest BCUT2D eigenvalue weighted by Crippen LogP contribution is -2.23. The van der Waals surface area contributed by atoms with Gasteiger partial charge in [0.1, 0.15) is 17.2 Å². The fourth-order valence-electron chi connectivity index (χ4n) is 2.17. The fraction of sp³-hybridized carbons (Fsp3) is 0.222. The Balaban J connectivity index is 2.19. The number of nitrogens with zero attached hydrogens (tertiary/aromatic N) is 3. The van der Waals surface area contributed by atoms with Crippen LogP contribution in [0.1, 0.15) is 29.3 Å². The molecule has 1 aromatic carbocycles. The van der Waals surface area contributed by atoms with Gasteiger partial charge in [0.05, 0.1) is 22.1 Å². The summed E-state index contributed by atoms with van der Waals surface area (Å²) >= 11 is 1.24. The average Bonchev–Trinajstić information content (AvgIpc) is 2.55. The highest BCUT2D eigenvalue weighted by atomic mass is 32.2. The second-order valence-corrected chi connectivity index (χ2v) is 6.61. The number of aryl methyl sites for hydroxylation is 2. The van der Waals surface area contributed by atoms with Crippen molar-refractivity contribution < 1.29 is 4.79 Å². The van der Waals surface area contributed by atoms with Crippen molar-refractivity contribution in [2.45, 2.75) is 31.0 Å². The van der Waals surface area contributed by atoms with E-state index in [1.54, 1.807) is 31.2 Å². The zero-order chi connectivity index (χ0) is 17.7. The van der Waals surface area contributed by atoms with Crippen molar-refractivity contribution in [3.05, 3.63) is 52.7 Å². The predicted molar refractivity (Wildman–Crippen MR) is 93.5 cm³/mol. The van der Waals surface area contributed by atoms with Crippen molar-refractivity contribution >= 4 is 23.4 Å². The van der Waals surface area contributed by atoms with Crippen LogP contribution in [-0.2, 0) is 4.79 Å². The number of nitriles is 2. The number of rotatable bonds is 4. The molecule has 0 saturated heterocycles. The highest BCUT2D eigenvalue weighted by Gasteiger charge is 2.19. The Hall–Kier alpha value is -2.83. The normalized spacial score (nSPS) is 11.2. The minimum absolute atomic E-state index is 0.243. The van der Waals surface area contributed by atoms with E-state index in [0.29, 0.717) is 21.8 Å². The largest absolute Gasteiger partial charge is 0.324 e. The number of anilines is 1. The van der Waals surface area contributed by atoms with Gasteiger partial charge in [0.25, 0.3) is 0 Å². The molecule has 2 aromatic rings. The number of carbonyl (C=O) groups is 1. The molecular weight excluding hydrogens is 320 g/mol. The van der Waals surface area contributed by atoms with E-state index in [9.17, 15) is 10.1 Å².